The molecular weight excluding hydrogens is 399 g/mol. The van der Waals surface area contributed by atoms with Gasteiger partial charge in [0, 0.05) is 13.2 Å². The first-order chi connectivity index (χ1) is 14.2. The molecule has 0 aliphatic rings. The zero-order chi connectivity index (χ0) is 22.9. The summed E-state index contributed by atoms with van der Waals surface area (Å²) in [6.07, 6.45) is 16.2. The molecule has 2 N–H and O–H groups in total. The number of phosphoric acid groups is 1. The Bertz CT molecular complexity index is 433. The Morgan fingerprint density at radius 2 is 0.967 bits per heavy atom. The third-order valence-electron chi connectivity index (χ3n) is 7.60. The molecular formula is C24H51O5P. The topological polar surface area (TPSA) is 76.0 Å². The minimum Gasteiger partial charge on any atom is -0.381 e. The van der Waals surface area contributed by atoms with Crippen molar-refractivity contribution in [3.05, 3.63) is 0 Å². The van der Waals surface area contributed by atoms with E-state index in [9.17, 15) is 4.57 Å². The zero-order valence-electron chi connectivity index (χ0n) is 20.6. The van der Waals surface area contributed by atoms with Crippen molar-refractivity contribution in [1.29, 1.82) is 0 Å². The molecule has 182 valence electrons. The number of ether oxygens (including phenoxy) is 1. The molecule has 0 aliphatic heterocycles. The van der Waals surface area contributed by atoms with Gasteiger partial charge in [0.25, 0.3) is 0 Å². The molecule has 0 amide bonds. The third kappa shape index (κ3) is 13.5. The lowest BCUT2D eigenvalue weighted by Gasteiger charge is -2.32. The molecule has 0 fully saturated rings. The van der Waals surface area contributed by atoms with E-state index in [4.69, 9.17) is 14.5 Å². The van der Waals surface area contributed by atoms with Crippen molar-refractivity contribution in [2.75, 3.05) is 19.8 Å². The first kappa shape index (κ1) is 30.1. The molecule has 0 unspecified atom stereocenters. The van der Waals surface area contributed by atoms with Gasteiger partial charge < -0.3 is 14.5 Å². The maximum Gasteiger partial charge on any atom is 0.469 e. The summed E-state index contributed by atoms with van der Waals surface area (Å²) in [5.74, 6) is 0. The average molecular weight is 451 g/mol. The van der Waals surface area contributed by atoms with Crippen LogP contribution in [0.4, 0.5) is 0 Å². The van der Waals surface area contributed by atoms with Gasteiger partial charge in [-0.1, -0.05) is 86.0 Å². The Kier molecular flexibility index (Phi) is 16.7. The van der Waals surface area contributed by atoms with Crippen molar-refractivity contribution in [3.8, 4) is 0 Å². The Morgan fingerprint density at radius 1 is 0.600 bits per heavy atom. The first-order valence-corrected chi connectivity index (χ1v) is 14.0. The molecule has 0 aliphatic carbocycles. The van der Waals surface area contributed by atoms with Crippen molar-refractivity contribution in [3.63, 3.8) is 0 Å². The molecule has 0 atom stereocenters. The van der Waals surface area contributed by atoms with Crippen molar-refractivity contribution in [2.45, 2.75) is 125 Å². The molecule has 6 heteroatoms. The van der Waals surface area contributed by atoms with Gasteiger partial charge in [0.15, 0.2) is 0 Å². The summed E-state index contributed by atoms with van der Waals surface area (Å²) in [5, 5.41) is 0. The molecule has 0 aromatic carbocycles. The van der Waals surface area contributed by atoms with Crippen LogP contribution in [0.1, 0.15) is 125 Å². The molecule has 0 radical (unpaired) electrons. The van der Waals surface area contributed by atoms with Crippen LogP contribution in [0, 0.1) is 10.8 Å². The molecule has 0 rings (SSSR count). The lowest BCUT2D eigenvalue weighted by atomic mass is 9.74. The zero-order valence-corrected chi connectivity index (χ0v) is 21.5. The second-order valence-electron chi connectivity index (χ2n) is 9.08. The quantitative estimate of drug-likeness (QED) is 0.139. The molecule has 0 aromatic heterocycles. The summed E-state index contributed by atoms with van der Waals surface area (Å²) < 4.78 is 21.2. The number of unbranched alkanes of at least 4 members (excludes halogenated alkanes) is 3. The van der Waals surface area contributed by atoms with Crippen molar-refractivity contribution in [1.82, 2.24) is 0 Å². The van der Waals surface area contributed by atoms with Gasteiger partial charge in [0.05, 0.1) is 6.61 Å². The number of hydrogen-bond donors (Lipinski definition) is 2. The monoisotopic (exact) mass is 450 g/mol. The highest BCUT2D eigenvalue weighted by molar-refractivity contribution is 7.46. The van der Waals surface area contributed by atoms with Crippen LogP contribution < -0.4 is 0 Å². The van der Waals surface area contributed by atoms with E-state index in [1.54, 1.807) is 0 Å². The van der Waals surface area contributed by atoms with Crippen LogP contribution in [0.2, 0.25) is 0 Å². The van der Waals surface area contributed by atoms with Crippen LogP contribution in [0.25, 0.3) is 0 Å². The van der Waals surface area contributed by atoms with Crippen LogP contribution >= 0.6 is 7.82 Å². The SMILES string of the molecule is CCC(CC)(CC)CCCCOCCCCC(CC)(CC)CCCCOP(=O)(O)O. The van der Waals surface area contributed by atoms with Gasteiger partial charge >= 0.3 is 7.82 Å². The number of phosphoric ester groups is 1. The van der Waals surface area contributed by atoms with E-state index in [0.717, 1.165) is 45.3 Å². The fourth-order valence-electron chi connectivity index (χ4n) is 4.66. The molecule has 0 saturated carbocycles. The molecule has 0 heterocycles. The molecule has 5 nitrogen and oxygen atoms in total. The van der Waals surface area contributed by atoms with Crippen LogP contribution in [0.15, 0.2) is 0 Å². The first-order valence-electron chi connectivity index (χ1n) is 12.5. The van der Waals surface area contributed by atoms with Crippen molar-refractivity contribution < 1.29 is 23.6 Å². The highest BCUT2D eigenvalue weighted by atomic mass is 31.2. The van der Waals surface area contributed by atoms with Crippen LogP contribution in [0.3, 0.4) is 0 Å². The van der Waals surface area contributed by atoms with Crippen molar-refractivity contribution in [2.24, 2.45) is 10.8 Å². The summed E-state index contributed by atoms with van der Waals surface area (Å²) >= 11 is 0. The van der Waals surface area contributed by atoms with Gasteiger partial charge in [-0.15, -0.1) is 0 Å². The fourth-order valence-corrected chi connectivity index (χ4v) is 5.03. The minimum atomic E-state index is -4.32. The third-order valence-corrected chi connectivity index (χ3v) is 8.12. The summed E-state index contributed by atoms with van der Waals surface area (Å²) in [4.78, 5) is 17.5. The van der Waals surface area contributed by atoms with E-state index in [1.807, 2.05) is 0 Å². The van der Waals surface area contributed by atoms with E-state index in [-0.39, 0.29) is 6.61 Å². The maximum atomic E-state index is 10.7. The molecule has 0 spiro atoms. The highest BCUT2D eigenvalue weighted by Crippen LogP contribution is 2.39. The largest absolute Gasteiger partial charge is 0.469 e. The Hall–Kier alpha value is 0.0700. The lowest BCUT2D eigenvalue weighted by Crippen LogP contribution is -2.19. The van der Waals surface area contributed by atoms with Gasteiger partial charge in [0.2, 0.25) is 0 Å². The van der Waals surface area contributed by atoms with Crippen LogP contribution in [-0.4, -0.2) is 29.6 Å². The van der Waals surface area contributed by atoms with Gasteiger partial charge in [0.1, 0.15) is 0 Å². The van der Waals surface area contributed by atoms with Crippen LogP contribution in [-0.2, 0) is 13.8 Å². The smallest absolute Gasteiger partial charge is 0.381 e. The number of rotatable bonds is 21. The van der Waals surface area contributed by atoms with Gasteiger partial charge in [-0.05, 0) is 49.4 Å². The Balaban J connectivity index is 3.91. The second-order valence-corrected chi connectivity index (χ2v) is 10.3. The van der Waals surface area contributed by atoms with E-state index in [0.29, 0.717) is 17.3 Å². The van der Waals surface area contributed by atoms with Crippen LogP contribution in [0.5, 0.6) is 0 Å². The maximum absolute atomic E-state index is 10.7. The molecule has 0 saturated heterocycles. The summed E-state index contributed by atoms with van der Waals surface area (Å²) in [5.41, 5.74) is 0.886. The predicted octanol–water partition coefficient (Wildman–Crippen LogP) is 7.65. The van der Waals surface area contributed by atoms with E-state index < -0.39 is 7.82 Å². The number of hydrogen-bond acceptors (Lipinski definition) is 3. The Labute approximate surface area is 186 Å². The van der Waals surface area contributed by atoms with Crippen molar-refractivity contribution >= 4 is 7.82 Å². The molecule has 30 heavy (non-hydrogen) atoms. The van der Waals surface area contributed by atoms with E-state index in [2.05, 4.69) is 39.1 Å². The average Bonchev–Trinajstić information content (AvgIpc) is 2.73. The van der Waals surface area contributed by atoms with Gasteiger partial charge in [-0.2, -0.15) is 0 Å². The van der Waals surface area contributed by atoms with Gasteiger partial charge in [-0.3, -0.25) is 4.52 Å². The summed E-state index contributed by atoms with van der Waals surface area (Å²) in [7, 11) is -4.32. The minimum absolute atomic E-state index is 0.136. The predicted molar refractivity (Wildman–Crippen MR) is 127 cm³/mol. The second kappa shape index (κ2) is 16.7. The van der Waals surface area contributed by atoms with E-state index >= 15 is 0 Å². The lowest BCUT2D eigenvalue weighted by molar-refractivity contribution is 0.114. The van der Waals surface area contributed by atoms with E-state index in [1.165, 1.54) is 51.4 Å². The normalized spacial score (nSPS) is 13.2. The molecule has 0 bridgehead atoms. The van der Waals surface area contributed by atoms with Gasteiger partial charge in [-0.25, -0.2) is 4.57 Å². The fraction of sp³-hybridized carbons (Fsp3) is 1.00. The highest BCUT2D eigenvalue weighted by Gasteiger charge is 2.25. The standard InChI is InChI=1S/C24H51O5P/c1-6-23(7-2,8-3)17-11-14-20-28-21-15-12-18-24(9-4,10-5)19-13-16-22-29-30(25,26)27/h6-22H2,1-5H3,(H2,25,26,27). The molecule has 0 aromatic rings. The Morgan fingerprint density at radius 3 is 1.33 bits per heavy atom. The summed E-state index contributed by atoms with van der Waals surface area (Å²) in [6, 6.07) is 0. The summed E-state index contributed by atoms with van der Waals surface area (Å²) in [6.45, 7) is 13.4.